The standard InChI is InChI=1S/C17H20N4OS2.HI/c1-18-17(21(2)8-7-14-5-3-9-23-14)19-11-13-12-22-16(20-13)15-6-4-10-24-15;/h3-6,9-10,12H,7-8,11H2,1-2H3,(H,18,19);1H. The number of hydrogen-bond donors (Lipinski definition) is 1. The molecular formula is C17H21IN4OS2. The summed E-state index contributed by atoms with van der Waals surface area (Å²) < 4.78 is 5.54. The highest BCUT2D eigenvalue weighted by Gasteiger charge is 2.10. The molecule has 0 amide bonds. The van der Waals surface area contributed by atoms with Crippen LogP contribution in [0.2, 0.25) is 0 Å². The number of rotatable bonds is 6. The van der Waals surface area contributed by atoms with Crippen molar-refractivity contribution in [3.05, 3.63) is 51.9 Å². The topological polar surface area (TPSA) is 53.7 Å². The molecule has 0 atom stereocenters. The van der Waals surface area contributed by atoms with E-state index < -0.39 is 0 Å². The van der Waals surface area contributed by atoms with Gasteiger partial charge in [-0.1, -0.05) is 12.1 Å². The van der Waals surface area contributed by atoms with Crippen LogP contribution < -0.4 is 5.32 Å². The lowest BCUT2D eigenvalue weighted by atomic mass is 10.3. The molecular weight excluding hydrogens is 467 g/mol. The molecule has 3 heterocycles. The van der Waals surface area contributed by atoms with Gasteiger partial charge in [0.25, 0.3) is 0 Å². The minimum atomic E-state index is 0. The first-order chi connectivity index (χ1) is 11.8. The molecule has 0 spiro atoms. The van der Waals surface area contributed by atoms with Crippen molar-refractivity contribution in [2.45, 2.75) is 13.0 Å². The quantitative estimate of drug-likeness (QED) is 0.319. The summed E-state index contributed by atoms with van der Waals surface area (Å²) in [6, 6.07) is 8.25. The van der Waals surface area contributed by atoms with E-state index in [1.165, 1.54) is 4.88 Å². The van der Waals surface area contributed by atoms with Crippen molar-refractivity contribution in [1.29, 1.82) is 0 Å². The van der Waals surface area contributed by atoms with Crippen LogP contribution in [0, 0.1) is 0 Å². The average molecular weight is 488 g/mol. The van der Waals surface area contributed by atoms with Crippen LogP contribution in [0.5, 0.6) is 0 Å². The molecule has 0 saturated carbocycles. The average Bonchev–Trinajstić information content (AvgIpc) is 3.33. The number of halogens is 1. The Morgan fingerprint density at radius 2 is 2.08 bits per heavy atom. The molecule has 134 valence electrons. The first-order valence-electron chi connectivity index (χ1n) is 7.68. The number of hydrogen-bond acceptors (Lipinski definition) is 5. The Kier molecular flexibility index (Phi) is 7.91. The summed E-state index contributed by atoms with van der Waals surface area (Å²) in [7, 11) is 3.84. The Morgan fingerprint density at radius 3 is 2.76 bits per heavy atom. The zero-order chi connectivity index (χ0) is 16.8. The molecule has 1 N–H and O–H groups in total. The Balaban J connectivity index is 0.00000225. The SMILES string of the molecule is CN=C(NCc1coc(-c2cccs2)n1)N(C)CCc1cccs1.I. The monoisotopic (exact) mass is 488 g/mol. The molecule has 0 aliphatic rings. The third kappa shape index (κ3) is 5.55. The fourth-order valence-electron chi connectivity index (χ4n) is 2.29. The fraction of sp³-hybridized carbons (Fsp3) is 0.294. The lowest BCUT2D eigenvalue weighted by Crippen LogP contribution is -2.39. The van der Waals surface area contributed by atoms with Crippen molar-refractivity contribution in [3.8, 4) is 10.8 Å². The number of nitrogens with zero attached hydrogens (tertiary/aromatic N) is 3. The van der Waals surface area contributed by atoms with Gasteiger partial charge >= 0.3 is 0 Å². The van der Waals surface area contributed by atoms with E-state index in [1.807, 2.05) is 24.6 Å². The summed E-state index contributed by atoms with van der Waals surface area (Å²) in [6.45, 7) is 1.50. The number of oxazole rings is 1. The highest BCUT2D eigenvalue weighted by molar-refractivity contribution is 14.0. The Morgan fingerprint density at radius 1 is 1.28 bits per heavy atom. The maximum absolute atomic E-state index is 5.54. The number of nitrogens with one attached hydrogen (secondary N) is 1. The molecule has 5 nitrogen and oxygen atoms in total. The van der Waals surface area contributed by atoms with Crippen LogP contribution in [0.3, 0.4) is 0 Å². The second-order valence-electron chi connectivity index (χ2n) is 5.27. The second kappa shape index (κ2) is 9.93. The first-order valence-corrected chi connectivity index (χ1v) is 9.44. The van der Waals surface area contributed by atoms with Gasteiger partial charge in [-0.3, -0.25) is 4.99 Å². The van der Waals surface area contributed by atoms with E-state index in [9.17, 15) is 0 Å². The van der Waals surface area contributed by atoms with E-state index in [-0.39, 0.29) is 24.0 Å². The van der Waals surface area contributed by atoms with Gasteiger partial charge in [0, 0.05) is 25.5 Å². The van der Waals surface area contributed by atoms with Crippen molar-refractivity contribution in [3.63, 3.8) is 0 Å². The van der Waals surface area contributed by atoms with Crippen molar-refractivity contribution in [1.82, 2.24) is 15.2 Å². The first kappa shape index (κ1) is 19.9. The number of likely N-dealkylation sites (N-methyl/N-ethyl adjacent to an activating group) is 1. The third-order valence-corrected chi connectivity index (χ3v) is 5.35. The molecule has 0 radical (unpaired) electrons. The Hall–Kier alpha value is -1.39. The summed E-state index contributed by atoms with van der Waals surface area (Å²) in [5.74, 6) is 1.52. The van der Waals surface area contributed by atoms with Crippen molar-refractivity contribution < 1.29 is 4.42 Å². The molecule has 3 aromatic rings. The van der Waals surface area contributed by atoms with Crippen LogP contribution >= 0.6 is 46.7 Å². The highest BCUT2D eigenvalue weighted by atomic mass is 127. The second-order valence-corrected chi connectivity index (χ2v) is 7.25. The van der Waals surface area contributed by atoms with Crippen LogP contribution in [0.4, 0.5) is 0 Å². The van der Waals surface area contributed by atoms with Crippen molar-refractivity contribution in [2.75, 3.05) is 20.6 Å². The Bertz CT molecular complexity index is 769. The zero-order valence-corrected chi connectivity index (χ0v) is 18.1. The normalized spacial score (nSPS) is 11.2. The summed E-state index contributed by atoms with van der Waals surface area (Å²) in [5.41, 5.74) is 0.867. The van der Waals surface area contributed by atoms with Gasteiger partial charge in [-0.05, 0) is 29.3 Å². The molecule has 8 heteroatoms. The molecule has 0 aliphatic heterocycles. The number of thiophene rings is 2. The molecule has 3 rings (SSSR count). The largest absolute Gasteiger partial charge is 0.443 e. The molecule has 0 saturated heterocycles. The van der Waals surface area contributed by atoms with Gasteiger partial charge in [0.15, 0.2) is 5.96 Å². The predicted octanol–water partition coefficient (Wildman–Crippen LogP) is 4.33. The minimum Gasteiger partial charge on any atom is -0.443 e. The number of aliphatic imine (C=N–C) groups is 1. The summed E-state index contributed by atoms with van der Waals surface area (Å²) in [6.07, 6.45) is 2.71. The smallest absolute Gasteiger partial charge is 0.236 e. The third-order valence-electron chi connectivity index (χ3n) is 3.56. The van der Waals surface area contributed by atoms with Gasteiger partial charge in [0.2, 0.25) is 5.89 Å². The highest BCUT2D eigenvalue weighted by Crippen LogP contribution is 2.23. The number of guanidine groups is 1. The maximum Gasteiger partial charge on any atom is 0.236 e. The van der Waals surface area contributed by atoms with Crippen LogP contribution in [0.15, 0.2) is 50.7 Å². The van der Waals surface area contributed by atoms with Crippen LogP contribution in [0.25, 0.3) is 10.8 Å². The lowest BCUT2D eigenvalue weighted by Gasteiger charge is -2.21. The van der Waals surface area contributed by atoms with Gasteiger partial charge in [-0.15, -0.1) is 46.7 Å². The van der Waals surface area contributed by atoms with Gasteiger partial charge in [-0.2, -0.15) is 0 Å². The molecule has 0 unspecified atom stereocenters. The summed E-state index contributed by atoms with van der Waals surface area (Å²) in [4.78, 5) is 13.4. The predicted molar refractivity (Wildman–Crippen MR) is 116 cm³/mol. The lowest BCUT2D eigenvalue weighted by molar-refractivity contribution is 0.485. The Labute approximate surface area is 172 Å². The number of aromatic nitrogens is 1. The summed E-state index contributed by atoms with van der Waals surface area (Å²) in [5, 5.41) is 7.46. The molecule has 0 fully saturated rings. The van der Waals surface area contributed by atoms with Crippen molar-refractivity contribution >= 4 is 52.6 Å². The van der Waals surface area contributed by atoms with Gasteiger partial charge < -0.3 is 14.6 Å². The van der Waals surface area contributed by atoms with Crippen LogP contribution in [-0.4, -0.2) is 36.5 Å². The molecule has 0 bridgehead atoms. The van der Waals surface area contributed by atoms with Gasteiger partial charge in [0.1, 0.15) is 6.26 Å². The zero-order valence-electron chi connectivity index (χ0n) is 14.1. The van der Waals surface area contributed by atoms with E-state index in [1.54, 1.807) is 36.0 Å². The van der Waals surface area contributed by atoms with Crippen LogP contribution in [0.1, 0.15) is 10.6 Å². The van der Waals surface area contributed by atoms with E-state index in [0.29, 0.717) is 12.4 Å². The van der Waals surface area contributed by atoms with Crippen LogP contribution in [-0.2, 0) is 13.0 Å². The van der Waals surface area contributed by atoms with Gasteiger partial charge in [0.05, 0.1) is 17.1 Å². The van der Waals surface area contributed by atoms with Gasteiger partial charge in [-0.25, -0.2) is 4.98 Å². The molecule has 0 aromatic carbocycles. The van der Waals surface area contributed by atoms with E-state index >= 15 is 0 Å². The minimum absolute atomic E-state index is 0. The maximum atomic E-state index is 5.54. The molecule has 3 aromatic heterocycles. The van der Waals surface area contributed by atoms with E-state index in [2.05, 4.69) is 37.7 Å². The summed E-state index contributed by atoms with van der Waals surface area (Å²) >= 11 is 3.41. The van der Waals surface area contributed by atoms with E-state index in [0.717, 1.165) is 29.5 Å². The molecule has 25 heavy (non-hydrogen) atoms. The van der Waals surface area contributed by atoms with E-state index in [4.69, 9.17) is 4.42 Å². The van der Waals surface area contributed by atoms with Crippen molar-refractivity contribution in [2.24, 2.45) is 4.99 Å². The molecule has 0 aliphatic carbocycles. The fourth-order valence-corrected chi connectivity index (χ4v) is 3.65.